The normalized spacial score (nSPS) is 15.4. The highest BCUT2D eigenvalue weighted by Gasteiger charge is 2.30. The molecule has 0 spiro atoms. The van der Waals surface area contributed by atoms with Gasteiger partial charge in [-0.3, -0.25) is 4.90 Å². The topological polar surface area (TPSA) is 103 Å². The van der Waals surface area contributed by atoms with Gasteiger partial charge in [0.25, 0.3) is 0 Å². The summed E-state index contributed by atoms with van der Waals surface area (Å²) in [6.07, 6.45) is 3.25. The summed E-state index contributed by atoms with van der Waals surface area (Å²) in [4.78, 5) is 20.7. The number of hydrogen-bond donors (Lipinski definition) is 3. The first-order chi connectivity index (χ1) is 19.3. The van der Waals surface area contributed by atoms with Crippen molar-refractivity contribution in [2.45, 2.75) is 31.5 Å². The van der Waals surface area contributed by atoms with Gasteiger partial charge in [-0.15, -0.1) is 0 Å². The molecule has 0 saturated carbocycles. The van der Waals surface area contributed by atoms with E-state index < -0.39 is 18.0 Å². The maximum Gasteiger partial charge on any atom is 0.414 e. The van der Waals surface area contributed by atoms with Gasteiger partial charge in [-0.1, -0.05) is 78.9 Å². The summed E-state index contributed by atoms with van der Waals surface area (Å²) in [5.41, 5.74) is 3.77. The number of likely N-dealkylation sites (tertiary alicyclic amines) is 1. The Morgan fingerprint density at radius 3 is 1.98 bits per heavy atom. The van der Waals surface area contributed by atoms with Crippen LogP contribution in [0.1, 0.15) is 47.4 Å². The van der Waals surface area contributed by atoms with Crippen molar-refractivity contribution in [3.05, 3.63) is 131 Å². The number of aliphatic hydroxyl groups excluding tert-OH is 1. The van der Waals surface area contributed by atoms with E-state index in [0.29, 0.717) is 5.56 Å². The van der Waals surface area contributed by atoms with Crippen LogP contribution in [0, 0.1) is 11.7 Å². The van der Waals surface area contributed by atoms with E-state index in [0.717, 1.165) is 43.7 Å². The van der Waals surface area contributed by atoms with Gasteiger partial charge in [0.1, 0.15) is 5.82 Å². The smallest absolute Gasteiger partial charge is 0.414 e. The summed E-state index contributed by atoms with van der Waals surface area (Å²) in [5, 5.41) is 26.3. The molecule has 7 nitrogen and oxygen atoms in total. The largest absolute Gasteiger partial charge is 0.473 e. The number of piperidine rings is 1. The fraction of sp³-hybridized carbons (Fsp3) is 0.250. The van der Waals surface area contributed by atoms with E-state index in [1.807, 2.05) is 66.9 Å². The first-order valence-electron chi connectivity index (χ1n) is 13.2. The summed E-state index contributed by atoms with van der Waals surface area (Å²) in [5.74, 6) is -3.71. The summed E-state index contributed by atoms with van der Waals surface area (Å²) >= 11 is 0. The van der Waals surface area contributed by atoms with Crippen molar-refractivity contribution in [2.75, 3.05) is 13.1 Å². The number of carboxylic acid groups (broad SMARTS) is 2. The number of benzene rings is 3. The number of nitrogens with zero attached hydrogens (tertiary/aromatic N) is 2. The van der Waals surface area contributed by atoms with Gasteiger partial charge in [-0.2, -0.15) is 0 Å². The molecule has 1 aliphatic rings. The predicted octanol–water partition coefficient (Wildman–Crippen LogP) is 5.37. The molecule has 1 saturated heterocycles. The quantitative estimate of drug-likeness (QED) is 0.271. The number of aromatic nitrogens is 1. The second-order valence-corrected chi connectivity index (χ2v) is 9.83. The molecular weight excluding hydrogens is 511 g/mol. The fourth-order valence-corrected chi connectivity index (χ4v) is 5.23. The van der Waals surface area contributed by atoms with E-state index in [1.54, 1.807) is 6.07 Å². The van der Waals surface area contributed by atoms with Crippen LogP contribution in [-0.4, -0.2) is 49.8 Å². The molecule has 0 amide bonds. The average molecular weight is 545 g/mol. The van der Waals surface area contributed by atoms with Crippen LogP contribution in [0.3, 0.4) is 0 Å². The Hall–Kier alpha value is -4.27. The SMILES string of the molecule is O=C(O)C(=O)O.OC(c1cccn1C(c1ccccc1)c1ccccc1F)C1CCN(Cc2ccccc2)CC1. The molecule has 5 rings (SSSR count). The van der Waals surface area contributed by atoms with Crippen LogP contribution in [0.2, 0.25) is 0 Å². The number of aliphatic carboxylic acids is 2. The Morgan fingerprint density at radius 2 is 1.38 bits per heavy atom. The molecule has 1 aromatic heterocycles. The summed E-state index contributed by atoms with van der Waals surface area (Å²) in [7, 11) is 0. The van der Waals surface area contributed by atoms with Crippen LogP contribution in [0.4, 0.5) is 4.39 Å². The second-order valence-electron chi connectivity index (χ2n) is 9.83. The van der Waals surface area contributed by atoms with Crippen LogP contribution >= 0.6 is 0 Å². The zero-order chi connectivity index (χ0) is 28.5. The van der Waals surface area contributed by atoms with Gasteiger partial charge in [0.05, 0.1) is 12.1 Å². The molecule has 0 aliphatic carbocycles. The molecule has 3 N–H and O–H groups in total. The highest BCUT2D eigenvalue weighted by Crippen LogP contribution is 2.36. The number of aliphatic hydroxyl groups is 1. The monoisotopic (exact) mass is 544 g/mol. The van der Waals surface area contributed by atoms with Gasteiger partial charge in [-0.25, -0.2) is 14.0 Å². The van der Waals surface area contributed by atoms with E-state index in [1.165, 1.54) is 11.6 Å². The van der Waals surface area contributed by atoms with Crippen molar-refractivity contribution in [3.8, 4) is 0 Å². The molecule has 40 heavy (non-hydrogen) atoms. The van der Waals surface area contributed by atoms with E-state index in [9.17, 15) is 9.50 Å². The van der Waals surface area contributed by atoms with Gasteiger partial charge >= 0.3 is 11.9 Å². The highest BCUT2D eigenvalue weighted by atomic mass is 19.1. The fourth-order valence-electron chi connectivity index (χ4n) is 5.23. The summed E-state index contributed by atoms with van der Waals surface area (Å²) in [6.45, 7) is 2.88. The van der Waals surface area contributed by atoms with E-state index in [-0.39, 0.29) is 17.8 Å². The Kier molecular flexibility index (Phi) is 9.83. The number of rotatable bonds is 7. The molecule has 0 radical (unpaired) electrons. The third-order valence-corrected chi connectivity index (χ3v) is 7.22. The van der Waals surface area contributed by atoms with Gasteiger partial charge in [0.15, 0.2) is 0 Å². The standard InChI is InChI=1S/C30H31FN2O.C2H2O4/c31-27-15-8-7-14-26(27)29(24-12-5-2-6-13-24)33-19-9-16-28(33)30(34)25-17-20-32(21-18-25)22-23-10-3-1-4-11-23;3-1(4)2(5)6/h1-16,19,25,29-30,34H,17-18,20-22H2;(H,3,4)(H,5,6). The number of halogens is 1. The lowest BCUT2D eigenvalue weighted by Gasteiger charge is -2.35. The summed E-state index contributed by atoms with van der Waals surface area (Å²) < 4.78 is 17.0. The molecule has 2 heterocycles. The lowest BCUT2D eigenvalue weighted by atomic mass is 9.88. The van der Waals surface area contributed by atoms with Crippen molar-refractivity contribution in [1.29, 1.82) is 0 Å². The third-order valence-electron chi connectivity index (χ3n) is 7.22. The molecule has 4 aromatic rings. The minimum absolute atomic E-state index is 0.178. The lowest BCUT2D eigenvalue weighted by Crippen LogP contribution is -2.35. The minimum Gasteiger partial charge on any atom is -0.473 e. The van der Waals surface area contributed by atoms with Gasteiger partial charge in [0.2, 0.25) is 0 Å². The third kappa shape index (κ3) is 7.22. The van der Waals surface area contributed by atoms with Gasteiger partial charge < -0.3 is 19.9 Å². The number of carboxylic acids is 2. The molecule has 1 fully saturated rings. The van der Waals surface area contributed by atoms with Crippen molar-refractivity contribution in [3.63, 3.8) is 0 Å². The summed E-state index contributed by atoms with van der Waals surface area (Å²) in [6, 6.07) is 31.1. The van der Waals surface area contributed by atoms with Crippen molar-refractivity contribution < 1.29 is 29.3 Å². The van der Waals surface area contributed by atoms with E-state index >= 15 is 0 Å². The zero-order valence-electron chi connectivity index (χ0n) is 22.0. The van der Waals surface area contributed by atoms with Gasteiger partial charge in [-0.05, 0) is 61.2 Å². The maximum atomic E-state index is 14.9. The maximum absolute atomic E-state index is 14.9. The molecular formula is C32H33FN2O5. The lowest BCUT2D eigenvalue weighted by molar-refractivity contribution is -0.159. The number of carbonyl (C=O) groups is 2. The Labute approximate surface area is 232 Å². The molecule has 0 bridgehead atoms. The van der Waals surface area contributed by atoms with Gasteiger partial charge in [0, 0.05) is 24.0 Å². The molecule has 3 aromatic carbocycles. The minimum atomic E-state index is -1.82. The van der Waals surface area contributed by atoms with Crippen molar-refractivity contribution in [1.82, 2.24) is 9.47 Å². The molecule has 2 atom stereocenters. The average Bonchev–Trinajstić information content (AvgIpc) is 3.45. The van der Waals surface area contributed by atoms with Crippen LogP contribution in [0.5, 0.6) is 0 Å². The highest BCUT2D eigenvalue weighted by molar-refractivity contribution is 6.27. The Bertz CT molecular complexity index is 1370. The first-order valence-corrected chi connectivity index (χ1v) is 13.2. The van der Waals surface area contributed by atoms with Crippen LogP contribution in [0.25, 0.3) is 0 Å². The Morgan fingerprint density at radius 1 is 0.800 bits per heavy atom. The predicted molar refractivity (Wildman–Crippen MR) is 149 cm³/mol. The van der Waals surface area contributed by atoms with E-state index in [2.05, 4.69) is 33.7 Å². The number of hydrogen-bond acceptors (Lipinski definition) is 4. The van der Waals surface area contributed by atoms with E-state index in [4.69, 9.17) is 19.8 Å². The first kappa shape index (κ1) is 28.7. The van der Waals surface area contributed by atoms with Crippen LogP contribution < -0.4 is 0 Å². The second kappa shape index (κ2) is 13.7. The zero-order valence-corrected chi connectivity index (χ0v) is 22.0. The van der Waals surface area contributed by atoms with Crippen molar-refractivity contribution >= 4 is 11.9 Å². The van der Waals surface area contributed by atoms with Crippen LogP contribution in [-0.2, 0) is 16.1 Å². The molecule has 2 unspecified atom stereocenters. The van der Waals surface area contributed by atoms with Crippen molar-refractivity contribution in [2.24, 2.45) is 5.92 Å². The molecule has 1 aliphatic heterocycles. The molecule has 208 valence electrons. The molecule has 8 heteroatoms. The van der Waals surface area contributed by atoms with Crippen LogP contribution in [0.15, 0.2) is 103 Å². The Balaban J connectivity index is 0.000000557.